The fourth-order valence-corrected chi connectivity index (χ4v) is 6.78. The SMILES string of the molecule is C[C@H](O)C(=O)N1CCN(c2ccc(CN3CCCCC(c4ccccc4)S3(=O)=O)c(F)c2)CC1. The smallest absolute Gasteiger partial charge is 0.251 e. The number of anilines is 1. The molecule has 0 radical (unpaired) electrons. The maximum atomic E-state index is 15.1. The third-order valence-electron chi connectivity index (χ3n) is 6.71. The number of aliphatic hydroxyl groups excluding tert-OH is 1. The van der Waals surface area contributed by atoms with Crippen LogP contribution in [0.4, 0.5) is 10.1 Å². The Hall–Kier alpha value is -2.49. The Kier molecular flexibility index (Phi) is 7.54. The second-order valence-corrected chi connectivity index (χ2v) is 11.2. The molecule has 9 heteroatoms. The molecular formula is C25H32FN3O4S. The Labute approximate surface area is 200 Å². The number of hydrogen-bond donors (Lipinski definition) is 1. The van der Waals surface area contributed by atoms with Crippen LogP contribution in [0.1, 0.15) is 42.6 Å². The summed E-state index contributed by atoms with van der Waals surface area (Å²) in [5.74, 6) is -0.732. The van der Waals surface area contributed by atoms with Gasteiger partial charge in [0, 0.05) is 50.5 Å². The van der Waals surface area contributed by atoms with E-state index < -0.39 is 27.2 Å². The lowest BCUT2D eigenvalue weighted by Crippen LogP contribution is -2.51. The van der Waals surface area contributed by atoms with Crippen molar-refractivity contribution in [3.05, 3.63) is 65.5 Å². The second kappa shape index (κ2) is 10.4. The number of carbonyl (C=O) groups is 1. The third-order valence-corrected chi connectivity index (χ3v) is 8.97. The fourth-order valence-electron chi connectivity index (χ4n) is 4.75. The maximum absolute atomic E-state index is 15.1. The number of rotatable bonds is 5. The quantitative estimate of drug-likeness (QED) is 0.699. The van der Waals surface area contributed by atoms with Gasteiger partial charge in [-0.1, -0.05) is 42.8 Å². The van der Waals surface area contributed by atoms with Crippen LogP contribution in [0.5, 0.6) is 0 Å². The van der Waals surface area contributed by atoms with E-state index in [9.17, 15) is 18.3 Å². The molecule has 0 aliphatic carbocycles. The van der Waals surface area contributed by atoms with Crippen molar-refractivity contribution in [3.63, 3.8) is 0 Å². The molecule has 2 heterocycles. The minimum absolute atomic E-state index is 0.00838. The average molecular weight is 490 g/mol. The van der Waals surface area contributed by atoms with Crippen LogP contribution in [0.15, 0.2) is 48.5 Å². The first kappa shape index (κ1) is 24.6. The van der Waals surface area contributed by atoms with E-state index in [4.69, 9.17) is 0 Å². The molecule has 2 saturated heterocycles. The molecule has 0 bridgehead atoms. The third kappa shape index (κ3) is 5.26. The predicted molar refractivity (Wildman–Crippen MR) is 129 cm³/mol. The van der Waals surface area contributed by atoms with Gasteiger partial charge < -0.3 is 14.9 Å². The van der Waals surface area contributed by atoms with Crippen LogP contribution in [-0.2, 0) is 21.4 Å². The van der Waals surface area contributed by atoms with E-state index >= 15 is 4.39 Å². The molecule has 2 aromatic rings. The molecule has 1 N–H and O–H groups in total. The van der Waals surface area contributed by atoms with E-state index in [1.807, 2.05) is 41.3 Å². The summed E-state index contributed by atoms with van der Waals surface area (Å²) in [6.07, 6.45) is 1.09. The molecular weight excluding hydrogens is 457 g/mol. The summed E-state index contributed by atoms with van der Waals surface area (Å²) < 4.78 is 43.4. The van der Waals surface area contributed by atoms with Crippen molar-refractivity contribution in [2.24, 2.45) is 0 Å². The summed E-state index contributed by atoms with van der Waals surface area (Å²) in [6.45, 7) is 3.84. The van der Waals surface area contributed by atoms with Crippen molar-refractivity contribution in [3.8, 4) is 0 Å². The Morgan fingerprint density at radius 1 is 1.06 bits per heavy atom. The Morgan fingerprint density at radius 3 is 2.41 bits per heavy atom. The number of amides is 1. The van der Waals surface area contributed by atoms with Gasteiger partial charge in [0.15, 0.2) is 0 Å². The van der Waals surface area contributed by atoms with Gasteiger partial charge in [0.05, 0.1) is 0 Å². The van der Waals surface area contributed by atoms with E-state index in [0.29, 0.717) is 50.4 Å². The number of nitrogens with zero attached hydrogens (tertiary/aromatic N) is 3. The number of hydrogen-bond acceptors (Lipinski definition) is 5. The molecule has 7 nitrogen and oxygen atoms in total. The van der Waals surface area contributed by atoms with Crippen molar-refractivity contribution in [1.29, 1.82) is 0 Å². The molecule has 2 atom stereocenters. The first-order chi connectivity index (χ1) is 16.3. The second-order valence-electron chi connectivity index (χ2n) is 9.04. The van der Waals surface area contributed by atoms with Crippen LogP contribution in [0.25, 0.3) is 0 Å². The molecule has 4 rings (SSSR count). The van der Waals surface area contributed by atoms with Crippen LogP contribution in [0, 0.1) is 5.82 Å². The van der Waals surface area contributed by atoms with Gasteiger partial charge in [0.1, 0.15) is 17.2 Å². The number of benzene rings is 2. The van der Waals surface area contributed by atoms with Gasteiger partial charge in [-0.15, -0.1) is 0 Å². The molecule has 0 spiro atoms. The summed E-state index contributed by atoms with van der Waals surface area (Å²) in [5, 5.41) is 8.88. The van der Waals surface area contributed by atoms with Crippen LogP contribution in [-0.4, -0.2) is 67.5 Å². The standard InChI is InChI=1S/C25H32FN3O4S/c1-19(30)25(31)28-15-13-27(14-16-28)22-11-10-21(23(26)17-22)18-29-12-6-5-9-24(34(29,32)33)20-7-3-2-4-8-20/h2-4,7-8,10-11,17,19,24,30H,5-6,9,12-16,18H2,1H3/t19-,24?/m0/s1. The van der Waals surface area contributed by atoms with Gasteiger partial charge in [-0.2, -0.15) is 4.31 Å². The van der Waals surface area contributed by atoms with E-state index in [-0.39, 0.29) is 12.5 Å². The normalized spacial score (nSPS) is 22.3. The largest absolute Gasteiger partial charge is 0.384 e. The van der Waals surface area contributed by atoms with Crippen molar-refractivity contribution >= 4 is 21.6 Å². The summed E-state index contributed by atoms with van der Waals surface area (Å²) >= 11 is 0. The van der Waals surface area contributed by atoms with Crippen molar-refractivity contribution in [2.75, 3.05) is 37.6 Å². The van der Waals surface area contributed by atoms with Gasteiger partial charge >= 0.3 is 0 Å². The topological polar surface area (TPSA) is 81.2 Å². The molecule has 34 heavy (non-hydrogen) atoms. The predicted octanol–water partition coefficient (Wildman–Crippen LogP) is 2.91. The van der Waals surface area contributed by atoms with Gasteiger partial charge in [-0.3, -0.25) is 4.79 Å². The Bertz CT molecular complexity index is 1100. The minimum atomic E-state index is -3.62. The number of sulfonamides is 1. The van der Waals surface area contributed by atoms with Crippen molar-refractivity contribution in [1.82, 2.24) is 9.21 Å². The lowest BCUT2D eigenvalue weighted by atomic mass is 10.1. The van der Waals surface area contributed by atoms with Crippen molar-refractivity contribution in [2.45, 2.75) is 44.1 Å². The molecule has 2 aliphatic rings. The first-order valence-electron chi connectivity index (χ1n) is 11.8. The highest BCUT2D eigenvalue weighted by Crippen LogP contribution is 2.35. The zero-order chi connectivity index (χ0) is 24.3. The lowest BCUT2D eigenvalue weighted by Gasteiger charge is -2.36. The molecule has 0 aromatic heterocycles. The maximum Gasteiger partial charge on any atom is 0.251 e. The molecule has 2 aliphatic heterocycles. The van der Waals surface area contributed by atoms with Crippen molar-refractivity contribution < 1.29 is 22.7 Å². The first-order valence-corrected chi connectivity index (χ1v) is 13.3. The van der Waals surface area contributed by atoms with Gasteiger partial charge in [0.25, 0.3) is 5.91 Å². The van der Waals surface area contributed by atoms with E-state index in [1.165, 1.54) is 17.3 Å². The highest BCUT2D eigenvalue weighted by Gasteiger charge is 2.35. The molecule has 1 amide bonds. The Morgan fingerprint density at radius 2 is 1.76 bits per heavy atom. The van der Waals surface area contributed by atoms with Crippen LogP contribution < -0.4 is 4.90 Å². The van der Waals surface area contributed by atoms with E-state index in [1.54, 1.807) is 11.0 Å². The number of piperazine rings is 1. The molecule has 2 aromatic carbocycles. The Balaban J connectivity index is 1.47. The molecule has 184 valence electrons. The fraction of sp³-hybridized carbons (Fsp3) is 0.480. The summed E-state index contributed by atoms with van der Waals surface area (Å²) in [6, 6.07) is 14.2. The molecule has 1 unspecified atom stereocenters. The van der Waals surface area contributed by atoms with Crippen LogP contribution in [0.3, 0.4) is 0 Å². The summed E-state index contributed by atoms with van der Waals surface area (Å²) in [7, 11) is -3.62. The van der Waals surface area contributed by atoms with Gasteiger partial charge in [0.2, 0.25) is 10.0 Å². The highest BCUT2D eigenvalue weighted by molar-refractivity contribution is 7.89. The average Bonchev–Trinajstić information content (AvgIpc) is 2.98. The molecule has 2 fully saturated rings. The van der Waals surface area contributed by atoms with Crippen LogP contribution in [0.2, 0.25) is 0 Å². The highest BCUT2D eigenvalue weighted by atomic mass is 32.2. The zero-order valence-corrected chi connectivity index (χ0v) is 20.3. The number of carbonyl (C=O) groups excluding carboxylic acids is 1. The zero-order valence-electron chi connectivity index (χ0n) is 19.4. The lowest BCUT2D eigenvalue weighted by molar-refractivity contribution is -0.139. The van der Waals surface area contributed by atoms with Gasteiger partial charge in [-0.25, -0.2) is 12.8 Å². The van der Waals surface area contributed by atoms with Gasteiger partial charge in [-0.05, 0) is 37.5 Å². The number of aliphatic hydroxyl groups is 1. The van der Waals surface area contributed by atoms with Crippen LogP contribution >= 0.6 is 0 Å². The summed E-state index contributed by atoms with van der Waals surface area (Å²) in [4.78, 5) is 15.6. The monoisotopic (exact) mass is 489 g/mol. The van der Waals surface area contributed by atoms with E-state index in [0.717, 1.165) is 18.4 Å². The number of halogens is 1. The summed E-state index contributed by atoms with van der Waals surface area (Å²) in [5.41, 5.74) is 1.83. The van der Waals surface area contributed by atoms with E-state index in [2.05, 4.69) is 0 Å². The minimum Gasteiger partial charge on any atom is -0.384 e. The molecule has 0 saturated carbocycles.